The molecule has 0 radical (unpaired) electrons. The van der Waals surface area contributed by atoms with Gasteiger partial charge in [-0.25, -0.2) is 4.39 Å². The quantitative estimate of drug-likeness (QED) is 0.698. The van der Waals surface area contributed by atoms with E-state index in [4.69, 9.17) is 9.47 Å². The summed E-state index contributed by atoms with van der Waals surface area (Å²) in [4.78, 5) is 0. The van der Waals surface area contributed by atoms with Gasteiger partial charge in [0.1, 0.15) is 0 Å². The zero-order chi connectivity index (χ0) is 13.5. The normalized spacial score (nSPS) is 14.6. The Morgan fingerprint density at radius 1 is 1.37 bits per heavy atom. The van der Waals surface area contributed by atoms with Crippen LogP contribution in [0.15, 0.2) is 18.2 Å². The van der Waals surface area contributed by atoms with Crippen molar-refractivity contribution in [3.63, 3.8) is 0 Å². The minimum atomic E-state index is -0.311. The zero-order valence-electron chi connectivity index (χ0n) is 11.5. The molecule has 2 rings (SSSR count). The van der Waals surface area contributed by atoms with E-state index < -0.39 is 0 Å². The average Bonchev–Trinajstić information content (AvgIpc) is 3.22. The van der Waals surface area contributed by atoms with Crippen molar-refractivity contribution in [2.75, 3.05) is 26.9 Å². The van der Waals surface area contributed by atoms with Crippen LogP contribution in [0.25, 0.3) is 0 Å². The Morgan fingerprint density at radius 2 is 2.21 bits per heavy atom. The number of rotatable bonds is 9. The molecular weight excluding hydrogens is 245 g/mol. The Morgan fingerprint density at radius 3 is 2.89 bits per heavy atom. The summed E-state index contributed by atoms with van der Waals surface area (Å²) < 4.78 is 23.9. The van der Waals surface area contributed by atoms with Crippen molar-refractivity contribution < 1.29 is 13.9 Å². The van der Waals surface area contributed by atoms with E-state index in [1.54, 1.807) is 6.07 Å². The number of halogens is 1. The predicted octanol–water partition coefficient (Wildman–Crippen LogP) is 2.74. The van der Waals surface area contributed by atoms with Crippen molar-refractivity contribution in [1.29, 1.82) is 0 Å². The van der Waals surface area contributed by atoms with Crippen LogP contribution in [-0.4, -0.2) is 26.9 Å². The number of nitrogens with one attached hydrogen (secondary N) is 1. The summed E-state index contributed by atoms with van der Waals surface area (Å²) >= 11 is 0. The molecule has 0 unspecified atom stereocenters. The molecule has 19 heavy (non-hydrogen) atoms. The number of methoxy groups -OCH3 is 1. The first kappa shape index (κ1) is 14.3. The van der Waals surface area contributed by atoms with E-state index in [1.165, 1.54) is 26.0 Å². The van der Waals surface area contributed by atoms with Crippen molar-refractivity contribution in [2.45, 2.75) is 25.8 Å². The molecular formula is C15H22FNO2. The Kier molecular flexibility index (Phi) is 5.61. The van der Waals surface area contributed by atoms with Gasteiger partial charge in [-0.1, -0.05) is 6.07 Å². The second kappa shape index (κ2) is 7.46. The van der Waals surface area contributed by atoms with Crippen LogP contribution in [0.4, 0.5) is 4.39 Å². The van der Waals surface area contributed by atoms with E-state index >= 15 is 0 Å². The summed E-state index contributed by atoms with van der Waals surface area (Å²) in [6, 6.07) is 5.04. The molecule has 1 aromatic carbocycles. The largest absolute Gasteiger partial charge is 0.494 e. The van der Waals surface area contributed by atoms with Crippen LogP contribution in [0.1, 0.15) is 24.8 Å². The van der Waals surface area contributed by atoms with Crippen LogP contribution in [0.3, 0.4) is 0 Å². The van der Waals surface area contributed by atoms with E-state index in [0.29, 0.717) is 6.54 Å². The molecule has 0 spiro atoms. The maximum atomic E-state index is 13.4. The molecule has 0 heterocycles. The fourth-order valence-electron chi connectivity index (χ4n) is 1.89. The van der Waals surface area contributed by atoms with Gasteiger partial charge in [-0.05, 0) is 49.4 Å². The van der Waals surface area contributed by atoms with Crippen LogP contribution in [0, 0.1) is 11.7 Å². The molecule has 0 saturated heterocycles. The number of ether oxygens (including phenoxy) is 2. The number of hydrogen-bond acceptors (Lipinski definition) is 3. The maximum absolute atomic E-state index is 13.4. The molecule has 1 N–H and O–H groups in total. The second-order valence-corrected chi connectivity index (χ2v) is 5.02. The molecule has 4 heteroatoms. The van der Waals surface area contributed by atoms with Gasteiger partial charge >= 0.3 is 0 Å². The standard InChI is InChI=1S/C15H22FNO2/c1-18-15-6-5-13(9-14(15)16)10-17-7-2-8-19-11-12-3-4-12/h5-6,9,12,17H,2-4,7-8,10-11H2,1H3. The molecule has 1 fully saturated rings. The summed E-state index contributed by atoms with van der Waals surface area (Å²) in [6.45, 7) is 3.28. The molecule has 106 valence electrons. The van der Waals surface area contributed by atoms with E-state index in [1.807, 2.05) is 6.07 Å². The first-order chi connectivity index (χ1) is 9.29. The van der Waals surface area contributed by atoms with Crippen LogP contribution in [0.5, 0.6) is 5.75 Å². The van der Waals surface area contributed by atoms with Crippen LogP contribution >= 0.6 is 0 Å². The molecule has 0 aliphatic heterocycles. The Hall–Kier alpha value is -1.13. The molecule has 3 nitrogen and oxygen atoms in total. The maximum Gasteiger partial charge on any atom is 0.165 e. The summed E-state index contributed by atoms with van der Waals surface area (Å²) in [7, 11) is 1.47. The Balaban J connectivity index is 1.55. The second-order valence-electron chi connectivity index (χ2n) is 5.02. The molecule has 1 aromatic rings. The van der Waals surface area contributed by atoms with Crippen molar-refractivity contribution in [2.24, 2.45) is 5.92 Å². The third-order valence-electron chi connectivity index (χ3n) is 3.24. The highest BCUT2D eigenvalue weighted by Crippen LogP contribution is 2.28. The van der Waals surface area contributed by atoms with Gasteiger partial charge in [0.05, 0.1) is 7.11 Å². The highest BCUT2D eigenvalue weighted by atomic mass is 19.1. The monoisotopic (exact) mass is 267 g/mol. The molecule has 0 bridgehead atoms. The van der Waals surface area contributed by atoms with E-state index in [0.717, 1.165) is 37.7 Å². The first-order valence-electron chi connectivity index (χ1n) is 6.90. The van der Waals surface area contributed by atoms with Gasteiger partial charge in [-0.2, -0.15) is 0 Å². The average molecular weight is 267 g/mol. The third kappa shape index (κ3) is 5.17. The van der Waals surface area contributed by atoms with Crippen molar-refractivity contribution >= 4 is 0 Å². The first-order valence-corrected chi connectivity index (χ1v) is 6.90. The van der Waals surface area contributed by atoms with Crippen LogP contribution in [-0.2, 0) is 11.3 Å². The molecule has 0 amide bonds. The number of hydrogen-bond donors (Lipinski definition) is 1. The highest BCUT2D eigenvalue weighted by molar-refractivity contribution is 5.29. The van der Waals surface area contributed by atoms with Crippen molar-refractivity contribution in [3.8, 4) is 5.75 Å². The molecule has 1 saturated carbocycles. The van der Waals surface area contributed by atoms with E-state index in [-0.39, 0.29) is 11.6 Å². The molecule has 0 atom stereocenters. The smallest absolute Gasteiger partial charge is 0.165 e. The predicted molar refractivity (Wildman–Crippen MR) is 72.8 cm³/mol. The summed E-state index contributed by atoms with van der Waals surface area (Å²) in [6.07, 6.45) is 3.66. The van der Waals surface area contributed by atoms with Crippen molar-refractivity contribution in [3.05, 3.63) is 29.6 Å². The summed E-state index contributed by atoms with van der Waals surface area (Å²) in [5.41, 5.74) is 0.928. The molecule has 0 aromatic heterocycles. The van der Waals surface area contributed by atoms with E-state index in [2.05, 4.69) is 5.32 Å². The zero-order valence-corrected chi connectivity index (χ0v) is 11.5. The SMILES string of the molecule is COc1ccc(CNCCCOCC2CC2)cc1F. The van der Waals surface area contributed by atoms with E-state index in [9.17, 15) is 4.39 Å². The van der Waals surface area contributed by atoms with Gasteiger partial charge in [0.15, 0.2) is 11.6 Å². The lowest BCUT2D eigenvalue weighted by Crippen LogP contribution is -2.16. The van der Waals surface area contributed by atoms with Crippen molar-refractivity contribution in [1.82, 2.24) is 5.32 Å². The van der Waals surface area contributed by atoms with Gasteiger partial charge in [0.25, 0.3) is 0 Å². The lowest BCUT2D eigenvalue weighted by atomic mass is 10.2. The van der Waals surface area contributed by atoms with Crippen LogP contribution < -0.4 is 10.1 Å². The third-order valence-corrected chi connectivity index (χ3v) is 3.24. The van der Waals surface area contributed by atoms with Gasteiger partial charge in [0, 0.05) is 19.8 Å². The number of benzene rings is 1. The van der Waals surface area contributed by atoms with Gasteiger partial charge in [-0.15, -0.1) is 0 Å². The summed E-state index contributed by atoms with van der Waals surface area (Å²) in [5.74, 6) is 0.807. The fourth-order valence-corrected chi connectivity index (χ4v) is 1.89. The van der Waals surface area contributed by atoms with Crippen LogP contribution in [0.2, 0.25) is 0 Å². The minimum absolute atomic E-state index is 0.289. The van der Waals surface area contributed by atoms with Gasteiger partial charge < -0.3 is 14.8 Å². The van der Waals surface area contributed by atoms with Gasteiger partial charge in [0.2, 0.25) is 0 Å². The highest BCUT2D eigenvalue weighted by Gasteiger charge is 2.20. The molecule has 1 aliphatic carbocycles. The molecule has 1 aliphatic rings. The minimum Gasteiger partial charge on any atom is -0.494 e. The summed E-state index contributed by atoms with van der Waals surface area (Å²) in [5, 5.41) is 3.28. The lowest BCUT2D eigenvalue weighted by Gasteiger charge is -2.07. The fraction of sp³-hybridized carbons (Fsp3) is 0.600. The van der Waals surface area contributed by atoms with Gasteiger partial charge in [-0.3, -0.25) is 0 Å². The Bertz CT molecular complexity index is 394. The topological polar surface area (TPSA) is 30.5 Å². The Labute approximate surface area is 114 Å². The lowest BCUT2D eigenvalue weighted by molar-refractivity contribution is 0.122.